The number of nitrogens with one attached hydrogen (secondary N) is 1. The van der Waals surface area contributed by atoms with Crippen molar-refractivity contribution in [3.05, 3.63) is 23.9 Å². The molecule has 1 aromatic heterocycles. The fourth-order valence-corrected chi connectivity index (χ4v) is 3.51. The van der Waals surface area contributed by atoms with Crippen molar-refractivity contribution >= 4 is 5.82 Å². The number of anilines is 1. The van der Waals surface area contributed by atoms with E-state index in [1.807, 2.05) is 0 Å². The highest BCUT2D eigenvalue weighted by Crippen LogP contribution is 2.31. The smallest absolute Gasteiger partial charge is 0.126 e. The summed E-state index contributed by atoms with van der Waals surface area (Å²) in [6.07, 6.45) is 10.0. The summed E-state index contributed by atoms with van der Waals surface area (Å²) in [4.78, 5) is 7.31. The minimum atomic E-state index is 0.575. The molecule has 0 amide bonds. The molecule has 21 heavy (non-hydrogen) atoms. The van der Waals surface area contributed by atoms with Crippen molar-refractivity contribution in [3.63, 3.8) is 0 Å². The minimum absolute atomic E-state index is 0.575. The van der Waals surface area contributed by atoms with Crippen LogP contribution in [-0.4, -0.2) is 29.0 Å². The van der Waals surface area contributed by atoms with Crippen LogP contribution in [0.3, 0.4) is 0 Å². The summed E-state index contributed by atoms with van der Waals surface area (Å²) in [6.45, 7) is 7.07. The quantitative estimate of drug-likeness (QED) is 0.878. The molecule has 3 heteroatoms. The van der Waals surface area contributed by atoms with Crippen LogP contribution in [0.5, 0.6) is 0 Å². The monoisotopic (exact) mass is 287 g/mol. The third-order valence-electron chi connectivity index (χ3n) is 4.84. The maximum Gasteiger partial charge on any atom is 0.126 e. The second kappa shape index (κ2) is 6.78. The van der Waals surface area contributed by atoms with E-state index in [0.717, 1.165) is 11.7 Å². The summed E-state index contributed by atoms with van der Waals surface area (Å²) >= 11 is 0. The molecule has 0 unspecified atom stereocenters. The molecule has 2 fully saturated rings. The van der Waals surface area contributed by atoms with Crippen molar-refractivity contribution in [3.8, 4) is 0 Å². The van der Waals surface area contributed by atoms with E-state index in [4.69, 9.17) is 0 Å². The zero-order valence-corrected chi connectivity index (χ0v) is 13.5. The van der Waals surface area contributed by atoms with E-state index in [-0.39, 0.29) is 0 Å². The molecular weight excluding hydrogens is 258 g/mol. The van der Waals surface area contributed by atoms with Crippen LogP contribution in [0, 0.1) is 5.92 Å². The molecule has 0 bridgehead atoms. The lowest BCUT2D eigenvalue weighted by Gasteiger charge is -2.37. The topological polar surface area (TPSA) is 28.2 Å². The molecule has 3 rings (SSSR count). The van der Waals surface area contributed by atoms with Crippen molar-refractivity contribution in [1.29, 1.82) is 0 Å². The van der Waals surface area contributed by atoms with E-state index in [1.165, 1.54) is 57.2 Å². The van der Waals surface area contributed by atoms with Gasteiger partial charge in [-0.3, -0.25) is 4.90 Å². The van der Waals surface area contributed by atoms with Crippen LogP contribution in [0.1, 0.15) is 64.0 Å². The second-order valence-corrected chi connectivity index (χ2v) is 7.15. The van der Waals surface area contributed by atoms with Gasteiger partial charge in [0.15, 0.2) is 0 Å². The number of nitrogens with zero attached hydrogens (tertiary/aromatic N) is 2. The van der Waals surface area contributed by atoms with Crippen molar-refractivity contribution in [1.82, 2.24) is 9.88 Å². The molecule has 2 heterocycles. The Morgan fingerprint density at radius 1 is 1.19 bits per heavy atom. The van der Waals surface area contributed by atoms with E-state index in [2.05, 4.69) is 47.4 Å². The molecule has 1 aliphatic carbocycles. The molecule has 116 valence electrons. The molecule has 1 N–H and O–H groups in total. The Morgan fingerprint density at radius 3 is 2.67 bits per heavy atom. The van der Waals surface area contributed by atoms with Gasteiger partial charge in [0.2, 0.25) is 0 Å². The predicted octanol–water partition coefficient (Wildman–Crippen LogP) is 4.23. The Bertz CT molecular complexity index is 436. The summed E-state index contributed by atoms with van der Waals surface area (Å²) in [6, 6.07) is 5.70. The van der Waals surface area contributed by atoms with E-state index in [1.54, 1.807) is 0 Å². The Labute approximate surface area is 129 Å². The first-order valence-corrected chi connectivity index (χ1v) is 8.69. The predicted molar refractivity (Wildman–Crippen MR) is 88.5 cm³/mol. The van der Waals surface area contributed by atoms with E-state index < -0.39 is 0 Å². The molecule has 0 spiro atoms. The lowest BCUT2D eigenvalue weighted by Crippen LogP contribution is -2.36. The first-order chi connectivity index (χ1) is 10.2. The van der Waals surface area contributed by atoms with Gasteiger partial charge in [0.05, 0.1) is 0 Å². The first-order valence-electron chi connectivity index (χ1n) is 8.69. The molecule has 1 atom stereocenters. The zero-order chi connectivity index (χ0) is 14.7. The van der Waals surface area contributed by atoms with Crippen LogP contribution in [0.15, 0.2) is 18.3 Å². The Hall–Kier alpha value is -1.09. The number of pyridine rings is 1. The molecule has 3 nitrogen and oxygen atoms in total. The number of likely N-dealkylation sites (tertiary alicyclic amines) is 1. The highest BCUT2D eigenvalue weighted by molar-refractivity contribution is 5.37. The molecule has 2 aliphatic rings. The molecule has 0 radical (unpaired) electrons. The van der Waals surface area contributed by atoms with Crippen molar-refractivity contribution in [2.75, 3.05) is 18.4 Å². The van der Waals surface area contributed by atoms with Crippen LogP contribution in [-0.2, 0) is 0 Å². The van der Waals surface area contributed by atoms with Gasteiger partial charge in [-0.15, -0.1) is 0 Å². The number of rotatable bonds is 5. The second-order valence-electron chi connectivity index (χ2n) is 7.15. The van der Waals surface area contributed by atoms with Crippen LogP contribution in [0.25, 0.3) is 0 Å². The summed E-state index contributed by atoms with van der Waals surface area (Å²) < 4.78 is 0. The summed E-state index contributed by atoms with van der Waals surface area (Å²) in [7, 11) is 0. The average molecular weight is 287 g/mol. The van der Waals surface area contributed by atoms with Gasteiger partial charge < -0.3 is 5.32 Å². The minimum Gasteiger partial charge on any atom is -0.367 e. The highest BCUT2D eigenvalue weighted by Gasteiger charge is 2.24. The lowest BCUT2D eigenvalue weighted by atomic mass is 9.93. The van der Waals surface area contributed by atoms with E-state index in [0.29, 0.717) is 12.1 Å². The zero-order valence-electron chi connectivity index (χ0n) is 13.5. The molecule has 0 aromatic carbocycles. The van der Waals surface area contributed by atoms with Crippen LogP contribution in [0.4, 0.5) is 5.82 Å². The summed E-state index contributed by atoms with van der Waals surface area (Å²) in [5.74, 6) is 1.78. The van der Waals surface area contributed by atoms with Gasteiger partial charge >= 0.3 is 0 Å². The Balaban J connectivity index is 1.65. The third-order valence-corrected chi connectivity index (χ3v) is 4.84. The standard InChI is InChI=1S/C18H29N3/c1-14(2)13-21-11-4-3-8-17(21)15-9-10-18(19-12-15)20-16-6-5-7-16/h9-10,12,14,16-17H,3-8,11,13H2,1-2H3,(H,19,20)/t17-/m0/s1. The molecule has 1 saturated carbocycles. The van der Waals surface area contributed by atoms with Gasteiger partial charge in [0.25, 0.3) is 0 Å². The fraction of sp³-hybridized carbons (Fsp3) is 0.722. The fourth-order valence-electron chi connectivity index (χ4n) is 3.51. The van der Waals surface area contributed by atoms with Gasteiger partial charge in [-0.05, 0) is 56.2 Å². The molecule has 1 saturated heterocycles. The van der Waals surface area contributed by atoms with Crippen molar-refractivity contribution in [2.24, 2.45) is 5.92 Å². The summed E-state index contributed by atoms with van der Waals surface area (Å²) in [5, 5.41) is 3.53. The van der Waals surface area contributed by atoms with Crippen LogP contribution in [0.2, 0.25) is 0 Å². The highest BCUT2D eigenvalue weighted by atomic mass is 15.2. The molecular formula is C18H29N3. The summed E-state index contributed by atoms with van der Waals surface area (Å²) in [5.41, 5.74) is 1.40. The SMILES string of the molecule is CC(C)CN1CCCC[C@H]1c1ccc(NC2CCC2)nc1. The number of hydrogen-bond acceptors (Lipinski definition) is 3. The maximum atomic E-state index is 4.65. The van der Waals surface area contributed by atoms with Gasteiger partial charge in [-0.2, -0.15) is 0 Å². The van der Waals surface area contributed by atoms with Crippen molar-refractivity contribution in [2.45, 2.75) is 64.5 Å². The number of hydrogen-bond donors (Lipinski definition) is 1. The van der Waals surface area contributed by atoms with Gasteiger partial charge in [-0.1, -0.05) is 26.3 Å². The van der Waals surface area contributed by atoms with Crippen LogP contribution < -0.4 is 5.32 Å². The van der Waals surface area contributed by atoms with Gasteiger partial charge in [-0.25, -0.2) is 4.98 Å². The largest absolute Gasteiger partial charge is 0.367 e. The maximum absolute atomic E-state index is 4.65. The third kappa shape index (κ3) is 3.76. The Kier molecular flexibility index (Phi) is 4.79. The molecule has 1 aliphatic heterocycles. The molecule has 1 aromatic rings. The van der Waals surface area contributed by atoms with Gasteiger partial charge in [0, 0.05) is 24.8 Å². The first kappa shape index (κ1) is 14.8. The number of piperidine rings is 1. The van der Waals surface area contributed by atoms with Crippen LogP contribution >= 0.6 is 0 Å². The normalized spacial score (nSPS) is 24.0. The number of aromatic nitrogens is 1. The Morgan fingerprint density at radius 2 is 2.05 bits per heavy atom. The van der Waals surface area contributed by atoms with E-state index in [9.17, 15) is 0 Å². The van der Waals surface area contributed by atoms with Crippen molar-refractivity contribution < 1.29 is 0 Å². The van der Waals surface area contributed by atoms with E-state index >= 15 is 0 Å². The van der Waals surface area contributed by atoms with Gasteiger partial charge in [0.1, 0.15) is 5.82 Å². The lowest BCUT2D eigenvalue weighted by molar-refractivity contribution is 0.132. The average Bonchev–Trinajstić information content (AvgIpc) is 2.44.